The van der Waals surface area contributed by atoms with Crippen molar-refractivity contribution in [1.29, 1.82) is 0 Å². The molecule has 0 aromatic rings. The first-order valence-electron chi connectivity index (χ1n) is 6.71. The Morgan fingerprint density at radius 1 is 1.42 bits per heavy atom. The molecule has 0 aromatic carbocycles. The number of carbonyl (C=O) groups is 1. The second-order valence-corrected chi connectivity index (χ2v) is 6.49. The fourth-order valence-electron chi connectivity index (χ4n) is 1.45. The lowest BCUT2D eigenvalue weighted by Gasteiger charge is -2.13. The lowest BCUT2D eigenvalue weighted by molar-refractivity contribution is -0.122. The summed E-state index contributed by atoms with van der Waals surface area (Å²) in [5.74, 6) is -0.666. The van der Waals surface area contributed by atoms with Crippen molar-refractivity contribution in [2.75, 3.05) is 6.54 Å². The molecule has 6 nitrogen and oxygen atoms in total. The van der Waals surface area contributed by atoms with E-state index in [9.17, 15) is 9.36 Å². The molecule has 0 heterocycles. The van der Waals surface area contributed by atoms with E-state index in [0.29, 0.717) is 18.9 Å². The van der Waals surface area contributed by atoms with Crippen LogP contribution < -0.4 is 16.1 Å². The number of hydrogen-bond donors (Lipinski definition) is 3. The smallest absolute Gasteiger partial charge is 0.282 e. The van der Waals surface area contributed by atoms with E-state index in [0.717, 1.165) is 19.3 Å². The van der Waals surface area contributed by atoms with Gasteiger partial charge in [0.05, 0.1) is 0 Å². The van der Waals surface area contributed by atoms with E-state index in [2.05, 4.69) is 22.9 Å². The first-order valence-corrected chi connectivity index (χ1v) is 8.56. The molecule has 0 bridgehead atoms. The summed E-state index contributed by atoms with van der Waals surface area (Å²) in [6.07, 6.45) is 3.53. The Morgan fingerprint density at radius 3 is 2.53 bits per heavy atom. The third-order valence-corrected chi connectivity index (χ3v) is 3.38. The van der Waals surface area contributed by atoms with Crippen molar-refractivity contribution in [3.63, 3.8) is 0 Å². The van der Waals surface area contributed by atoms with Crippen LogP contribution in [0.4, 0.5) is 0 Å². The monoisotopic (exact) mass is 289 g/mol. The fourth-order valence-corrected chi connectivity index (χ4v) is 1.95. The summed E-state index contributed by atoms with van der Waals surface area (Å²) in [5.41, 5.74) is 10.3. The number of nitrogens with one attached hydrogen (secondary N) is 1. The van der Waals surface area contributed by atoms with Gasteiger partial charge in [-0.15, -0.1) is 0 Å². The second kappa shape index (κ2) is 9.08. The number of nitrogens with zero attached hydrogens (tertiary/aromatic N) is 1. The van der Waals surface area contributed by atoms with Gasteiger partial charge in [-0.1, -0.05) is 32.0 Å². The largest absolute Gasteiger partial charge is 0.300 e. The molecule has 1 amide bonds. The molecular weight excluding hydrogens is 263 g/mol. The highest BCUT2D eigenvalue weighted by Gasteiger charge is 2.27. The molecule has 0 rings (SSSR count). The maximum atomic E-state index is 11.9. The van der Waals surface area contributed by atoms with E-state index in [4.69, 9.17) is 11.0 Å². The molecule has 0 radical (unpaired) electrons. The average Bonchev–Trinajstić information content (AvgIpc) is 2.30. The maximum Gasteiger partial charge on any atom is 0.300 e. The minimum atomic E-state index is -3.55. The molecule has 0 aliphatic carbocycles. The van der Waals surface area contributed by atoms with Gasteiger partial charge in [-0.2, -0.15) is 0 Å². The van der Waals surface area contributed by atoms with Crippen LogP contribution in [-0.4, -0.2) is 12.5 Å². The van der Waals surface area contributed by atoms with E-state index >= 15 is 0 Å². The molecule has 0 fully saturated rings. The Morgan fingerprint density at radius 2 is 2.05 bits per heavy atom. The highest BCUT2D eigenvalue weighted by molar-refractivity contribution is 7.57. The zero-order valence-electron chi connectivity index (χ0n) is 12.1. The van der Waals surface area contributed by atoms with Crippen molar-refractivity contribution in [2.45, 2.75) is 46.5 Å². The van der Waals surface area contributed by atoms with Gasteiger partial charge < -0.3 is 0 Å². The van der Waals surface area contributed by atoms with E-state index in [1.54, 1.807) is 0 Å². The summed E-state index contributed by atoms with van der Waals surface area (Å²) in [6, 6.07) is 2.82. The summed E-state index contributed by atoms with van der Waals surface area (Å²) < 4.78 is 11.2. The molecule has 0 aliphatic rings. The molecule has 5 N–H and O–H groups in total. The highest BCUT2D eigenvalue weighted by Crippen LogP contribution is 2.22. The summed E-state index contributed by atoms with van der Waals surface area (Å²) in [5, 5.41) is 2.14. The zero-order chi connectivity index (χ0) is 14.9. The second-order valence-electron chi connectivity index (χ2n) is 4.85. The van der Waals surface area contributed by atoms with Crippen molar-refractivity contribution in [3.05, 3.63) is 4.85 Å². The van der Waals surface area contributed by atoms with Gasteiger partial charge in [-0.3, -0.25) is 25.5 Å². The predicted octanol–water partition coefficient (Wildman–Crippen LogP) is 2.31. The molecule has 0 spiro atoms. The van der Waals surface area contributed by atoms with Crippen LogP contribution >= 0.6 is 7.59 Å². The fraction of sp³-hybridized carbons (Fsp3) is 0.833. The van der Waals surface area contributed by atoms with Gasteiger partial charge >= 0.3 is 0 Å². The van der Waals surface area contributed by atoms with Crippen molar-refractivity contribution in [1.82, 2.24) is 5.09 Å². The van der Waals surface area contributed by atoms with Gasteiger partial charge in [0, 0.05) is 6.42 Å². The molecule has 19 heavy (non-hydrogen) atoms. The quantitative estimate of drug-likeness (QED) is 0.494. The molecule has 2 atom stereocenters. The van der Waals surface area contributed by atoms with Gasteiger partial charge in [0.15, 0.2) is 5.92 Å². The molecular formula is C12H26N4O2P+. The Hall–Kier alpha value is -0.890. The lowest BCUT2D eigenvalue weighted by Crippen LogP contribution is -2.33. The molecule has 0 aliphatic heterocycles. The average molecular weight is 289 g/mol. The molecule has 0 aromatic heterocycles. The lowest BCUT2D eigenvalue weighted by atomic mass is 9.94. The Labute approximate surface area is 115 Å². The summed E-state index contributed by atoms with van der Waals surface area (Å²) >= 11 is 0. The first-order chi connectivity index (χ1) is 8.80. The first kappa shape index (κ1) is 18.1. The van der Waals surface area contributed by atoms with Crippen LogP contribution in [0.25, 0.3) is 4.85 Å². The number of rotatable bonds is 7. The zero-order valence-corrected chi connectivity index (χ0v) is 13.0. The van der Waals surface area contributed by atoms with Crippen LogP contribution in [0, 0.1) is 17.9 Å². The molecule has 0 saturated carbocycles. The van der Waals surface area contributed by atoms with Crippen molar-refractivity contribution in [3.8, 4) is 6.07 Å². The van der Waals surface area contributed by atoms with Gasteiger partial charge in [0.25, 0.3) is 20.2 Å². The van der Waals surface area contributed by atoms with Gasteiger partial charge in [0.1, 0.15) is 0 Å². The van der Waals surface area contributed by atoms with Gasteiger partial charge in [0.2, 0.25) is 5.91 Å². The topological polar surface area (TPSA) is 103 Å². The molecule has 110 valence electrons. The molecule has 7 heteroatoms. The standard InChI is InChI=1S/C12H25N4O2P/c1-4-6-7-15-9-11(8-10(3)5-2)12(17)16-19(13,14)18/h10-11H,4-8H2,1-3H3,(H4-,13,14,16,17,18)/p+1. The van der Waals surface area contributed by atoms with E-state index < -0.39 is 19.4 Å². The van der Waals surface area contributed by atoms with Crippen LogP contribution in [0.5, 0.6) is 0 Å². The van der Waals surface area contributed by atoms with Crippen molar-refractivity contribution >= 4 is 13.5 Å². The molecule has 0 saturated heterocycles. The van der Waals surface area contributed by atoms with Crippen LogP contribution in [0.1, 0.15) is 46.5 Å². The Kier molecular flexibility index (Phi) is 8.66. The number of nitrogens with two attached hydrogens (primary N) is 2. The number of hydrogen-bond acceptors (Lipinski definition) is 2. The number of carbonyl (C=O) groups excluding carboxylic acids is 1. The van der Waals surface area contributed by atoms with E-state index in [-0.39, 0.29) is 0 Å². The van der Waals surface area contributed by atoms with Crippen LogP contribution in [0.15, 0.2) is 0 Å². The van der Waals surface area contributed by atoms with Crippen molar-refractivity contribution < 1.29 is 9.36 Å². The normalized spacial score (nSPS) is 14.2. The Balaban J connectivity index is 4.68. The predicted molar refractivity (Wildman–Crippen MR) is 78.7 cm³/mol. The van der Waals surface area contributed by atoms with Crippen LogP contribution in [-0.2, 0) is 9.36 Å². The minimum Gasteiger partial charge on any atom is -0.282 e. The minimum absolute atomic E-state index is 0.347. The highest BCUT2D eigenvalue weighted by atomic mass is 31.2. The summed E-state index contributed by atoms with van der Waals surface area (Å²) in [4.78, 5) is 16.0. The van der Waals surface area contributed by atoms with Gasteiger partial charge in [-0.25, -0.2) is 0 Å². The third kappa shape index (κ3) is 9.66. The third-order valence-electron chi connectivity index (χ3n) is 2.81. The molecule has 2 unspecified atom stereocenters. The summed E-state index contributed by atoms with van der Waals surface area (Å²) in [7, 11) is -3.55. The van der Waals surface area contributed by atoms with Crippen LogP contribution in [0.2, 0.25) is 0 Å². The number of amides is 1. The van der Waals surface area contributed by atoms with Crippen LogP contribution in [0.3, 0.4) is 0 Å². The Bertz CT molecular complexity index is 383. The van der Waals surface area contributed by atoms with E-state index in [1.165, 1.54) is 0 Å². The number of unbranched alkanes of at least 4 members (excludes halogenated alkanes) is 1. The van der Waals surface area contributed by atoms with Crippen molar-refractivity contribution in [2.24, 2.45) is 22.8 Å². The summed E-state index contributed by atoms with van der Waals surface area (Å²) in [6.45, 7) is 6.80. The maximum absolute atomic E-state index is 11.9. The van der Waals surface area contributed by atoms with Gasteiger partial charge in [-0.05, 0) is 18.8 Å². The van der Waals surface area contributed by atoms with E-state index in [1.807, 2.05) is 13.8 Å². The SMILES string of the molecule is CCCC[N+]#CC(CC(C)CC)C(=O)NP(N)(N)=O.